The first-order chi connectivity index (χ1) is 7.43. The second-order valence-corrected chi connectivity index (χ2v) is 2.66. The molecular formula is C13H21NO. The van der Waals surface area contributed by atoms with Gasteiger partial charge in [0.25, 0.3) is 0 Å². The lowest BCUT2D eigenvalue weighted by Crippen LogP contribution is -2.01. The van der Waals surface area contributed by atoms with Gasteiger partial charge >= 0.3 is 0 Å². The fourth-order valence-corrected chi connectivity index (χ4v) is 0.933. The predicted octanol–water partition coefficient (Wildman–Crippen LogP) is 3.31. The fraction of sp³-hybridized carbons (Fsp3) is 0.385. The largest absolute Gasteiger partial charge is 0.495 e. The highest BCUT2D eigenvalue weighted by molar-refractivity contribution is 5.13. The average Bonchev–Trinajstić information content (AvgIpc) is 2.33. The molecule has 0 aromatic heterocycles. The van der Waals surface area contributed by atoms with E-state index < -0.39 is 0 Å². The van der Waals surface area contributed by atoms with Crippen LogP contribution in [0.5, 0.6) is 0 Å². The zero-order chi connectivity index (χ0) is 11.4. The first-order valence-electron chi connectivity index (χ1n) is 5.47. The van der Waals surface area contributed by atoms with Crippen LogP contribution < -0.4 is 5.32 Å². The van der Waals surface area contributed by atoms with Crippen LogP contribution in [0.1, 0.15) is 26.3 Å². The molecule has 0 radical (unpaired) electrons. The molecule has 0 saturated carbocycles. The van der Waals surface area contributed by atoms with Gasteiger partial charge in [0.2, 0.25) is 0 Å². The third-order valence-corrected chi connectivity index (χ3v) is 1.58. The third-order valence-electron chi connectivity index (χ3n) is 1.58. The second kappa shape index (κ2) is 10.6. The van der Waals surface area contributed by atoms with Crippen LogP contribution in [0.3, 0.4) is 0 Å². The van der Waals surface area contributed by atoms with Crippen molar-refractivity contribution in [2.24, 2.45) is 0 Å². The van der Waals surface area contributed by atoms with Crippen molar-refractivity contribution in [2.45, 2.75) is 27.4 Å². The Balaban J connectivity index is 0.000000921. The summed E-state index contributed by atoms with van der Waals surface area (Å²) in [5.74, 6) is 0. The second-order valence-electron chi connectivity index (χ2n) is 2.66. The maximum absolute atomic E-state index is 5.28. The average molecular weight is 207 g/mol. The summed E-state index contributed by atoms with van der Waals surface area (Å²) < 4.78 is 5.28. The van der Waals surface area contributed by atoms with E-state index in [0.717, 1.165) is 6.54 Å². The molecule has 1 aromatic carbocycles. The number of ether oxygens (including phenoxy) is 1. The van der Waals surface area contributed by atoms with Gasteiger partial charge in [-0.2, -0.15) is 0 Å². The number of hydrogen-bond acceptors (Lipinski definition) is 2. The van der Waals surface area contributed by atoms with Gasteiger partial charge in [-0.3, -0.25) is 0 Å². The molecule has 84 valence electrons. The zero-order valence-electron chi connectivity index (χ0n) is 9.86. The van der Waals surface area contributed by atoms with Crippen LogP contribution in [0.2, 0.25) is 0 Å². The highest BCUT2D eigenvalue weighted by Gasteiger charge is 1.86. The van der Waals surface area contributed by atoms with Crippen LogP contribution in [0, 0.1) is 0 Å². The summed E-state index contributed by atoms with van der Waals surface area (Å²) in [5.41, 5.74) is 1.18. The molecule has 1 aromatic rings. The van der Waals surface area contributed by atoms with Crippen molar-refractivity contribution in [3.05, 3.63) is 48.4 Å². The van der Waals surface area contributed by atoms with E-state index in [9.17, 15) is 0 Å². The minimum atomic E-state index is 0.628. The summed E-state index contributed by atoms with van der Waals surface area (Å²) in [4.78, 5) is 0. The standard InChI is InChI=1S/C11H15NO.C2H6/c1-2-12-8-9-13-10-11-6-4-3-5-7-11;1-2/h3-9,12H,2,10H2,1H3;1-2H3. The molecule has 0 unspecified atom stereocenters. The lowest BCUT2D eigenvalue weighted by molar-refractivity contribution is 0.235. The van der Waals surface area contributed by atoms with Crippen molar-refractivity contribution in [1.29, 1.82) is 0 Å². The molecule has 0 heterocycles. The lowest BCUT2D eigenvalue weighted by Gasteiger charge is -2.00. The Morgan fingerprint density at radius 1 is 1.20 bits per heavy atom. The van der Waals surface area contributed by atoms with Crippen LogP contribution in [-0.4, -0.2) is 6.54 Å². The summed E-state index contributed by atoms with van der Waals surface area (Å²) in [5, 5.41) is 3.03. The van der Waals surface area contributed by atoms with Crippen LogP contribution in [-0.2, 0) is 11.3 Å². The SMILES string of the molecule is CC.CCNC=COCc1ccccc1. The Bertz CT molecular complexity index is 244. The summed E-state index contributed by atoms with van der Waals surface area (Å²) in [6.45, 7) is 7.59. The highest BCUT2D eigenvalue weighted by atomic mass is 16.5. The molecule has 1 rings (SSSR count). The predicted molar refractivity (Wildman–Crippen MR) is 65.4 cm³/mol. The van der Waals surface area contributed by atoms with Gasteiger partial charge < -0.3 is 10.1 Å². The Morgan fingerprint density at radius 2 is 1.87 bits per heavy atom. The maximum Gasteiger partial charge on any atom is 0.112 e. The summed E-state index contributed by atoms with van der Waals surface area (Å²) in [6, 6.07) is 10.1. The minimum Gasteiger partial charge on any atom is -0.495 e. The molecule has 0 aliphatic heterocycles. The Kier molecular flexibility index (Phi) is 9.62. The van der Waals surface area contributed by atoms with Gasteiger partial charge in [-0.15, -0.1) is 0 Å². The van der Waals surface area contributed by atoms with Crippen molar-refractivity contribution >= 4 is 0 Å². The first-order valence-corrected chi connectivity index (χ1v) is 5.47. The molecule has 0 bridgehead atoms. The minimum absolute atomic E-state index is 0.628. The molecule has 0 spiro atoms. The normalized spacial score (nSPS) is 9.27. The van der Waals surface area contributed by atoms with Crippen LogP contribution >= 0.6 is 0 Å². The maximum atomic E-state index is 5.28. The topological polar surface area (TPSA) is 21.3 Å². The van der Waals surface area contributed by atoms with Gasteiger partial charge in [0.05, 0.1) is 6.26 Å². The lowest BCUT2D eigenvalue weighted by atomic mass is 10.2. The van der Waals surface area contributed by atoms with Crippen molar-refractivity contribution in [2.75, 3.05) is 6.54 Å². The number of benzene rings is 1. The van der Waals surface area contributed by atoms with Gasteiger partial charge in [0, 0.05) is 12.7 Å². The molecule has 0 aliphatic carbocycles. The van der Waals surface area contributed by atoms with Gasteiger partial charge in [0.1, 0.15) is 6.61 Å². The summed E-state index contributed by atoms with van der Waals surface area (Å²) in [7, 11) is 0. The Morgan fingerprint density at radius 3 is 2.47 bits per heavy atom. The van der Waals surface area contributed by atoms with Gasteiger partial charge in [-0.25, -0.2) is 0 Å². The van der Waals surface area contributed by atoms with Crippen LogP contribution in [0.25, 0.3) is 0 Å². The summed E-state index contributed by atoms with van der Waals surface area (Å²) >= 11 is 0. The number of hydrogen-bond donors (Lipinski definition) is 1. The molecule has 0 saturated heterocycles. The van der Waals surface area contributed by atoms with Crippen molar-refractivity contribution in [1.82, 2.24) is 5.32 Å². The van der Waals surface area contributed by atoms with E-state index in [4.69, 9.17) is 4.74 Å². The van der Waals surface area contributed by atoms with Crippen molar-refractivity contribution in [3.8, 4) is 0 Å². The zero-order valence-corrected chi connectivity index (χ0v) is 9.86. The van der Waals surface area contributed by atoms with E-state index >= 15 is 0 Å². The van der Waals surface area contributed by atoms with Crippen molar-refractivity contribution < 1.29 is 4.74 Å². The fourth-order valence-electron chi connectivity index (χ4n) is 0.933. The monoisotopic (exact) mass is 207 g/mol. The highest BCUT2D eigenvalue weighted by Crippen LogP contribution is 1.99. The molecule has 0 atom stereocenters. The van der Waals surface area contributed by atoms with E-state index in [1.807, 2.05) is 57.3 Å². The van der Waals surface area contributed by atoms with Gasteiger partial charge in [-0.05, 0) is 12.5 Å². The molecule has 0 amide bonds. The van der Waals surface area contributed by atoms with E-state index in [0.29, 0.717) is 6.61 Å². The molecule has 0 aliphatic rings. The van der Waals surface area contributed by atoms with Gasteiger partial charge in [0.15, 0.2) is 0 Å². The van der Waals surface area contributed by atoms with Gasteiger partial charge in [-0.1, -0.05) is 44.2 Å². The number of rotatable bonds is 5. The molecule has 2 nitrogen and oxygen atoms in total. The molecular weight excluding hydrogens is 186 g/mol. The van der Waals surface area contributed by atoms with E-state index in [1.54, 1.807) is 6.26 Å². The van der Waals surface area contributed by atoms with Crippen LogP contribution in [0.4, 0.5) is 0 Å². The molecule has 15 heavy (non-hydrogen) atoms. The van der Waals surface area contributed by atoms with E-state index in [2.05, 4.69) is 5.32 Å². The van der Waals surface area contributed by atoms with E-state index in [-0.39, 0.29) is 0 Å². The summed E-state index contributed by atoms with van der Waals surface area (Å²) in [6.07, 6.45) is 3.49. The first kappa shape index (κ1) is 13.6. The van der Waals surface area contributed by atoms with E-state index in [1.165, 1.54) is 5.56 Å². The number of nitrogens with one attached hydrogen (secondary N) is 1. The van der Waals surface area contributed by atoms with Crippen LogP contribution in [0.15, 0.2) is 42.8 Å². The molecule has 1 N–H and O–H groups in total. The molecule has 2 heteroatoms. The molecule has 0 fully saturated rings. The Labute approximate surface area is 93.0 Å². The third kappa shape index (κ3) is 7.62. The quantitative estimate of drug-likeness (QED) is 0.748. The Hall–Kier alpha value is -1.44. The van der Waals surface area contributed by atoms with Crippen molar-refractivity contribution in [3.63, 3.8) is 0 Å². The smallest absolute Gasteiger partial charge is 0.112 e.